The van der Waals surface area contributed by atoms with Crippen molar-refractivity contribution in [3.05, 3.63) is 11.8 Å². The average molecular weight is 292 g/mol. The third-order valence-corrected chi connectivity index (χ3v) is 4.79. The van der Waals surface area contributed by atoms with Gasteiger partial charge in [0.05, 0.1) is 17.8 Å². The summed E-state index contributed by atoms with van der Waals surface area (Å²) in [5, 5.41) is 10.2. The van der Waals surface area contributed by atoms with E-state index in [2.05, 4.69) is 15.7 Å². The van der Waals surface area contributed by atoms with E-state index in [4.69, 9.17) is 4.74 Å². The number of nitrogens with one attached hydrogen (secondary N) is 2. The minimum absolute atomic E-state index is 0.117. The number of amides is 2. The fourth-order valence-corrected chi connectivity index (χ4v) is 3.62. The predicted octanol–water partition coefficient (Wildman–Crippen LogP) is 2.34. The van der Waals surface area contributed by atoms with Crippen LogP contribution in [-0.4, -0.2) is 34.1 Å². The van der Waals surface area contributed by atoms with E-state index in [0.29, 0.717) is 0 Å². The van der Waals surface area contributed by atoms with Gasteiger partial charge in [-0.05, 0) is 26.2 Å². The number of hydrogen-bond acceptors (Lipinski definition) is 3. The second-order valence-electron chi connectivity index (χ2n) is 6.21. The van der Waals surface area contributed by atoms with Crippen LogP contribution in [0.4, 0.5) is 10.6 Å². The lowest BCUT2D eigenvalue weighted by Gasteiger charge is -2.37. The third-order valence-electron chi connectivity index (χ3n) is 4.79. The van der Waals surface area contributed by atoms with E-state index < -0.39 is 0 Å². The van der Waals surface area contributed by atoms with Gasteiger partial charge < -0.3 is 10.1 Å². The molecule has 1 aromatic heterocycles. The predicted molar refractivity (Wildman–Crippen MR) is 80.3 cm³/mol. The van der Waals surface area contributed by atoms with Crippen LogP contribution < -0.4 is 10.6 Å². The molecule has 1 saturated heterocycles. The van der Waals surface area contributed by atoms with Crippen LogP contribution in [0.1, 0.15) is 44.1 Å². The van der Waals surface area contributed by atoms with Crippen molar-refractivity contribution >= 4 is 11.8 Å². The summed E-state index contributed by atoms with van der Waals surface area (Å²) in [6.45, 7) is 2.68. The Morgan fingerprint density at radius 1 is 1.43 bits per heavy atom. The summed E-state index contributed by atoms with van der Waals surface area (Å²) in [5.41, 5.74) is 0.833. The van der Waals surface area contributed by atoms with Crippen molar-refractivity contribution < 1.29 is 9.53 Å². The van der Waals surface area contributed by atoms with Crippen LogP contribution in [0.5, 0.6) is 0 Å². The van der Waals surface area contributed by atoms with Crippen molar-refractivity contribution in [1.82, 2.24) is 15.1 Å². The highest BCUT2D eigenvalue weighted by Gasteiger charge is 2.45. The Balaban J connectivity index is 1.64. The lowest BCUT2D eigenvalue weighted by atomic mass is 9.80. The van der Waals surface area contributed by atoms with Gasteiger partial charge in [0, 0.05) is 19.2 Å². The zero-order valence-corrected chi connectivity index (χ0v) is 12.8. The lowest BCUT2D eigenvalue weighted by molar-refractivity contribution is -0.0365. The number of hydrogen-bond donors (Lipinski definition) is 2. The number of rotatable bonds is 2. The summed E-state index contributed by atoms with van der Waals surface area (Å²) >= 11 is 0. The Hall–Kier alpha value is -1.56. The first kappa shape index (κ1) is 14.4. The third kappa shape index (κ3) is 2.77. The molecule has 0 radical (unpaired) electrons. The zero-order chi connectivity index (χ0) is 14.9. The molecule has 3 rings (SSSR count). The molecule has 2 heterocycles. The standard InChI is InChI=1S/C15H24N4O2/c1-11-10-16-19(2)13(11)18-14(20)17-12-6-9-21-15(12)7-4-3-5-8-15/h10,12H,3-9H2,1-2H3,(H2,17,18,20). The molecule has 1 spiro atoms. The van der Waals surface area contributed by atoms with Gasteiger partial charge in [-0.1, -0.05) is 19.3 Å². The monoisotopic (exact) mass is 292 g/mol. The second kappa shape index (κ2) is 5.67. The van der Waals surface area contributed by atoms with Crippen LogP contribution >= 0.6 is 0 Å². The highest BCUT2D eigenvalue weighted by atomic mass is 16.5. The van der Waals surface area contributed by atoms with Crippen LogP contribution in [0.15, 0.2) is 6.20 Å². The smallest absolute Gasteiger partial charge is 0.320 e. The number of ether oxygens (including phenoxy) is 1. The van der Waals surface area contributed by atoms with Crippen LogP contribution in [0.2, 0.25) is 0 Å². The van der Waals surface area contributed by atoms with Crippen LogP contribution in [-0.2, 0) is 11.8 Å². The fraction of sp³-hybridized carbons (Fsp3) is 0.733. The van der Waals surface area contributed by atoms with Crippen molar-refractivity contribution in [3.63, 3.8) is 0 Å². The molecule has 1 aliphatic heterocycles. The van der Waals surface area contributed by atoms with E-state index in [1.54, 1.807) is 10.9 Å². The van der Waals surface area contributed by atoms with Gasteiger partial charge in [-0.25, -0.2) is 4.79 Å². The molecule has 1 aliphatic carbocycles. The van der Waals surface area contributed by atoms with E-state index in [0.717, 1.165) is 37.3 Å². The van der Waals surface area contributed by atoms with Crippen molar-refractivity contribution in [3.8, 4) is 0 Å². The van der Waals surface area contributed by atoms with E-state index in [1.807, 2.05) is 14.0 Å². The molecule has 1 unspecified atom stereocenters. The average Bonchev–Trinajstić information content (AvgIpc) is 2.98. The van der Waals surface area contributed by atoms with Crippen molar-refractivity contribution in [2.45, 2.75) is 57.1 Å². The van der Waals surface area contributed by atoms with Crippen LogP contribution in [0.25, 0.3) is 0 Å². The van der Waals surface area contributed by atoms with Gasteiger partial charge in [-0.3, -0.25) is 10.00 Å². The summed E-state index contributed by atoms with van der Waals surface area (Å²) in [6, 6.07) is -0.0477. The Kier molecular flexibility index (Phi) is 3.89. The Morgan fingerprint density at radius 3 is 2.86 bits per heavy atom. The van der Waals surface area contributed by atoms with E-state index in [9.17, 15) is 4.79 Å². The van der Waals surface area contributed by atoms with E-state index in [1.165, 1.54) is 19.3 Å². The molecular formula is C15H24N4O2. The zero-order valence-electron chi connectivity index (χ0n) is 12.8. The number of aromatic nitrogens is 2. The Labute approximate surface area is 125 Å². The van der Waals surface area contributed by atoms with Gasteiger partial charge >= 0.3 is 6.03 Å². The molecule has 2 aliphatic rings. The molecule has 2 fully saturated rings. The van der Waals surface area contributed by atoms with Gasteiger partial charge in [-0.15, -0.1) is 0 Å². The molecule has 2 amide bonds. The first-order chi connectivity index (χ1) is 10.1. The molecular weight excluding hydrogens is 268 g/mol. The highest BCUT2D eigenvalue weighted by molar-refractivity contribution is 5.89. The molecule has 1 aromatic rings. The number of anilines is 1. The summed E-state index contributed by atoms with van der Waals surface area (Å²) in [6.07, 6.45) is 8.43. The summed E-state index contributed by atoms with van der Waals surface area (Å²) < 4.78 is 7.69. The minimum Gasteiger partial charge on any atom is -0.373 e. The van der Waals surface area contributed by atoms with Crippen molar-refractivity contribution in [2.24, 2.45) is 7.05 Å². The largest absolute Gasteiger partial charge is 0.373 e. The molecule has 6 nitrogen and oxygen atoms in total. The summed E-state index contributed by atoms with van der Waals surface area (Å²) in [5.74, 6) is 0.740. The molecule has 2 N–H and O–H groups in total. The van der Waals surface area contributed by atoms with Crippen molar-refractivity contribution in [1.29, 1.82) is 0 Å². The molecule has 0 aromatic carbocycles. The number of carbonyl (C=O) groups excluding carboxylic acids is 1. The second-order valence-corrected chi connectivity index (χ2v) is 6.21. The Bertz CT molecular complexity index is 500. The minimum atomic E-state index is -0.165. The quantitative estimate of drug-likeness (QED) is 0.879. The van der Waals surface area contributed by atoms with E-state index >= 15 is 0 Å². The maximum absolute atomic E-state index is 12.3. The van der Waals surface area contributed by atoms with Crippen LogP contribution in [0.3, 0.4) is 0 Å². The molecule has 1 atom stereocenters. The van der Waals surface area contributed by atoms with Gasteiger partial charge in [0.2, 0.25) is 0 Å². The normalized spacial score (nSPS) is 24.2. The molecule has 1 saturated carbocycles. The number of nitrogens with zero attached hydrogens (tertiary/aromatic N) is 2. The van der Waals surface area contributed by atoms with E-state index in [-0.39, 0.29) is 17.7 Å². The number of urea groups is 1. The maximum Gasteiger partial charge on any atom is 0.320 e. The van der Waals surface area contributed by atoms with Gasteiger partial charge in [-0.2, -0.15) is 5.10 Å². The van der Waals surface area contributed by atoms with Gasteiger partial charge in [0.25, 0.3) is 0 Å². The first-order valence-corrected chi connectivity index (χ1v) is 7.81. The van der Waals surface area contributed by atoms with Crippen LogP contribution in [0, 0.1) is 6.92 Å². The lowest BCUT2D eigenvalue weighted by Crippen LogP contribution is -2.52. The topological polar surface area (TPSA) is 68.2 Å². The number of carbonyl (C=O) groups is 1. The van der Waals surface area contributed by atoms with Gasteiger partial charge in [0.15, 0.2) is 0 Å². The summed E-state index contributed by atoms with van der Waals surface area (Å²) in [7, 11) is 1.82. The summed E-state index contributed by atoms with van der Waals surface area (Å²) in [4.78, 5) is 12.3. The first-order valence-electron chi connectivity index (χ1n) is 7.81. The SMILES string of the molecule is Cc1cnn(C)c1NC(=O)NC1CCOC12CCCCC2. The molecule has 6 heteroatoms. The molecule has 116 valence electrons. The maximum atomic E-state index is 12.3. The molecule has 0 bridgehead atoms. The van der Waals surface area contributed by atoms with Crippen molar-refractivity contribution in [2.75, 3.05) is 11.9 Å². The highest BCUT2D eigenvalue weighted by Crippen LogP contribution is 2.39. The Morgan fingerprint density at radius 2 is 2.19 bits per heavy atom. The fourth-order valence-electron chi connectivity index (χ4n) is 3.62. The van der Waals surface area contributed by atoms with Gasteiger partial charge in [0.1, 0.15) is 5.82 Å². The molecule has 21 heavy (non-hydrogen) atoms. The number of aryl methyl sites for hydroxylation is 2.